The number of hydrogen-bond donors (Lipinski definition) is 2. The van der Waals surface area contributed by atoms with Crippen LogP contribution in [0.15, 0.2) is 24.8 Å². The van der Waals surface area contributed by atoms with E-state index in [0.717, 1.165) is 0 Å². The van der Waals surface area contributed by atoms with Crippen molar-refractivity contribution in [1.82, 2.24) is 25.1 Å². The molecule has 22 heavy (non-hydrogen) atoms. The van der Waals surface area contributed by atoms with E-state index in [9.17, 15) is 4.79 Å². The van der Waals surface area contributed by atoms with Crippen LogP contribution in [-0.4, -0.2) is 45.9 Å². The van der Waals surface area contributed by atoms with Crippen LogP contribution >= 0.6 is 0 Å². The number of nitrogens with one attached hydrogen (secondary N) is 2. The fraction of sp³-hybridized carbons (Fsp3) is 0.308. The summed E-state index contributed by atoms with van der Waals surface area (Å²) >= 11 is 0. The van der Waals surface area contributed by atoms with Gasteiger partial charge in [-0.2, -0.15) is 10.4 Å². The number of anilines is 2. The topological polar surface area (TPSA) is 118 Å². The molecule has 2 aromatic heterocycles. The predicted octanol–water partition coefficient (Wildman–Crippen LogP) is 0.0510. The summed E-state index contributed by atoms with van der Waals surface area (Å²) in [5, 5.41) is 18.4. The first-order valence-corrected chi connectivity index (χ1v) is 6.48. The molecule has 2 aromatic rings. The van der Waals surface area contributed by atoms with Gasteiger partial charge in [-0.15, -0.1) is 0 Å². The van der Waals surface area contributed by atoms with Gasteiger partial charge >= 0.3 is 0 Å². The summed E-state index contributed by atoms with van der Waals surface area (Å²) in [5.74, 6) is 0.341. The van der Waals surface area contributed by atoms with Gasteiger partial charge in [0.05, 0.1) is 30.9 Å². The van der Waals surface area contributed by atoms with Gasteiger partial charge in [-0.1, -0.05) is 0 Å². The lowest BCUT2D eigenvalue weighted by molar-refractivity contribution is -0.122. The molecule has 114 valence electrons. The van der Waals surface area contributed by atoms with E-state index in [1.54, 1.807) is 19.5 Å². The second kappa shape index (κ2) is 7.70. The van der Waals surface area contributed by atoms with Crippen molar-refractivity contribution in [3.05, 3.63) is 30.5 Å². The lowest BCUT2D eigenvalue weighted by Crippen LogP contribution is -2.30. The molecule has 0 aromatic carbocycles. The molecule has 0 atom stereocenters. The van der Waals surface area contributed by atoms with Gasteiger partial charge in [0.2, 0.25) is 5.91 Å². The first kappa shape index (κ1) is 15.4. The molecule has 0 unspecified atom stereocenters. The zero-order valence-electron chi connectivity index (χ0n) is 12.0. The van der Waals surface area contributed by atoms with Gasteiger partial charge in [-0.05, 0) is 0 Å². The quantitative estimate of drug-likeness (QED) is 0.694. The Labute approximate surface area is 126 Å². The minimum absolute atomic E-state index is 0.116. The lowest BCUT2D eigenvalue weighted by atomic mass is 10.5. The Bertz CT molecular complexity index is 660. The monoisotopic (exact) mass is 301 g/mol. The van der Waals surface area contributed by atoms with Crippen molar-refractivity contribution in [2.75, 3.05) is 25.6 Å². The van der Waals surface area contributed by atoms with Crippen LogP contribution in [0.3, 0.4) is 0 Å². The highest BCUT2D eigenvalue weighted by molar-refractivity contribution is 5.75. The van der Waals surface area contributed by atoms with Gasteiger partial charge < -0.3 is 15.4 Å². The Balaban J connectivity index is 1.88. The maximum absolute atomic E-state index is 11.6. The molecule has 0 saturated carbocycles. The zero-order valence-corrected chi connectivity index (χ0v) is 12.0. The normalized spacial score (nSPS) is 10.0. The number of carbonyl (C=O) groups is 1. The van der Waals surface area contributed by atoms with E-state index in [2.05, 4.69) is 25.7 Å². The first-order chi connectivity index (χ1) is 10.7. The largest absolute Gasteiger partial charge is 0.383 e. The average Bonchev–Trinajstić information content (AvgIpc) is 2.95. The maximum atomic E-state index is 11.6. The number of hydrogen-bond acceptors (Lipinski definition) is 7. The molecule has 0 saturated heterocycles. The van der Waals surface area contributed by atoms with Crippen molar-refractivity contribution in [3.8, 4) is 6.07 Å². The number of methoxy groups -OCH3 is 1. The first-order valence-electron chi connectivity index (χ1n) is 6.48. The van der Waals surface area contributed by atoms with Gasteiger partial charge in [-0.3, -0.25) is 9.48 Å². The van der Waals surface area contributed by atoms with Crippen molar-refractivity contribution in [2.24, 2.45) is 0 Å². The minimum atomic E-state index is -0.148. The predicted molar refractivity (Wildman–Crippen MR) is 77.1 cm³/mol. The Hall–Kier alpha value is -2.99. The Morgan fingerprint density at radius 1 is 1.41 bits per heavy atom. The third-order valence-electron chi connectivity index (χ3n) is 2.61. The summed E-state index contributed by atoms with van der Waals surface area (Å²) in [5.41, 5.74) is 0.915. The number of aromatic nitrogens is 4. The molecule has 0 aliphatic rings. The smallest absolute Gasteiger partial charge is 0.241 e. The fourth-order valence-corrected chi connectivity index (χ4v) is 1.61. The van der Waals surface area contributed by atoms with E-state index in [-0.39, 0.29) is 18.1 Å². The highest BCUT2D eigenvalue weighted by Gasteiger charge is 2.05. The Kier molecular flexibility index (Phi) is 5.39. The van der Waals surface area contributed by atoms with E-state index in [1.807, 2.05) is 6.07 Å². The maximum Gasteiger partial charge on any atom is 0.241 e. The lowest BCUT2D eigenvalue weighted by Gasteiger charge is -2.04. The van der Waals surface area contributed by atoms with Crippen LogP contribution in [0.25, 0.3) is 0 Å². The number of ether oxygens (including phenoxy) is 1. The van der Waals surface area contributed by atoms with E-state index in [1.165, 1.54) is 17.1 Å². The van der Waals surface area contributed by atoms with Crippen molar-refractivity contribution in [3.63, 3.8) is 0 Å². The SMILES string of the molecule is COCCNC(=O)Cn1cc(Nc2cnc(C#N)cn2)cn1. The molecule has 9 nitrogen and oxygen atoms in total. The van der Waals surface area contributed by atoms with Crippen LogP contribution in [0, 0.1) is 11.3 Å². The molecule has 0 aliphatic carbocycles. The van der Waals surface area contributed by atoms with E-state index < -0.39 is 0 Å². The molecule has 2 rings (SSSR count). The summed E-state index contributed by atoms with van der Waals surface area (Å²) in [6.45, 7) is 1.04. The van der Waals surface area contributed by atoms with Crippen LogP contribution < -0.4 is 10.6 Å². The summed E-state index contributed by atoms with van der Waals surface area (Å²) in [4.78, 5) is 19.6. The number of nitrogens with zero attached hydrogens (tertiary/aromatic N) is 5. The van der Waals surface area contributed by atoms with Crippen molar-refractivity contribution >= 4 is 17.4 Å². The van der Waals surface area contributed by atoms with Crippen molar-refractivity contribution in [2.45, 2.75) is 6.54 Å². The molecule has 0 bridgehead atoms. The van der Waals surface area contributed by atoms with Crippen LogP contribution in [-0.2, 0) is 16.1 Å². The van der Waals surface area contributed by atoms with Crippen LogP contribution in [0.1, 0.15) is 5.69 Å². The number of rotatable bonds is 7. The summed E-state index contributed by atoms with van der Waals surface area (Å²) in [6, 6.07) is 1.89. The minimum Gasteiger partial charge on any atom is -0.383 e. The van der Waals surface area contributed by atoms with E-state index in [4.69, 9.17) is 10.00 Å². The van der Waals surface area contributed by atoms with E-state index in [0.29, 0.717) is 24.7 Å². The second-order valence-corrected chi connectivity index (χ2v) is 4.29. The third-order valence-corrected chi connectivity index (χ3v) is 2.61. The Morgan fingerprint density at radius 3 is 2.95 bits per heavy atom. The summed E-state index contributed by atoms with van der Waals surface area (Å²) < 4.78 is 6.35. The molecular formula is C13H15N7O2. The van der Waals surface area contributed by atoms with Gasteiger partial charge in [0.15, 0.2) is 5.69 Å². The van der Waals surface area contributed by atoms with Crippen LogP contribution in [0.2, 0.25) is 0 Å². The molecule has 0 aliphatic heterocycles. The molecule has 9 heteroatoms. The van der Waals surface area contributed by atoms with E-state index >= 15 is 0 Å². The molecule has 2 N–H and O–H groups in total. The zero-order chi connectivity index (χ0) is 15.8. The number of nitriles is 1. The molecule has 1 amide bonds. The molecule has 0 radical (unpaired) electrons. The summed E-state index contributed by atoms with van der Waals surface area (Å²) in [7, 11) is 1.57. The fourth-order valence-electron chi connectivity index (χ4n) is 1.61. The molecular weight excluding hydrogens is 286 g/mol. The van der Waals surface area contributed by atoms with Gasteiger partial charge in [0.1, 0.15) is 18.4 Å². The Morgan fingerprint density at radius 2 is 2.27 bits per heavy atom. The van der Waals surface area contributed by atoms with Crippen LogP contribution in [0.5, 0.6) is 0 Å². The third kappa shape index (κ3) is 4.53. The molecule has 0 fully saturated rings. The average molecular weight is 301 g/mol. The highest BCUT2D eigenvalue weighted by atomic mass is 16.5. The molecule has 2 heterocycles. The van der Waals surface area contributed by atoms with Crippen molar-refractivity contribution in [1.29, 1.82) is 5.26 Å². The number of amides is 1. The molecule has 0 spiro atoms. The highest BCUT2D eigenvalue weighted by Crippen LogP contribution is 2.12. The van der Waals surface area contributed by atoms with Gasteiger partial charge in [0, 0.05) is 19.9 Å². The van der Waals surface area contributed by atoms with Crippen molar-refractivity contribution < 1.29 is 9.53 Å². The number of carbonyl (C=O) groups excluding carboxylic acids is 1. The van der Waals surface area contributed by atoms with Gasteiger partial charge in [-0.25, -0.2) is 9.97 Å². The van der Waals surface area contributed by atoms with Gasteiger partial charge in [0.25, 0.3) is 0 Å². The summed E-state index contributed by atoms with van der Waals surface area (Å²) in [6.07, 6.45) is 6.07. The van der Waals surface area contributed by atoms with Crippen LogP contribution in [0.4, 0.5) is 11.5 Å². The second-order valence-electron chi connectivity index (χ2n) is 4.29. The standard InChI is InChI=1S/C13H15N7O2/c1-22-3-2-15-13(21)9-20-8-11(6-18-20)19-12-7-16-10(4-14)5-17-12/h5-8H,2-3,9H2,1H3,(H,15,21)(H,17,19).